The first-order valence-corrected chi connectivity index (χ1v) is 2.79. The van der Waals surface area contributed by atoms with Gasteiger partial charge in [0.1, 0.15) is 6.10 Å². The molecule has 0 radical (unpaired) electrons. The van der Waals surface area contributed by atoms with Gasteiger partial charge >= 0.3 is 0 Å². The van der Waals surface area contributed by atoms with Crippen LogP contribution >= 0.6 is 0 Å². The Kier molecular flexibility index (Phi) is 4.00. The van der Waals surface area contributed by atoms with Crippen molar-refractivity contribution in [1.29, 1.82) is 0 Å². The number of carbonyl (C=O) groups excluding carboxylic acids is 1. The summed E-state index contributed by atoms with van der Waals surface area (Å²) in [5.41, 5.74) is 2.00. The van der Waals surface area contributed by atoms with Crippen molar-refractivity contribution < 1.29 is 9.53 Å². The number of carbonyl (C=O) groups is 1. The van der Waals surface area contributed by atoms with E-state index in [-0.39, 0.29) is 5.91 Å². The second-order valence-electron chi connectivity index (χ2n) is 1.64. The summed E-state index contributed by atoms with van der Waals surface area (Å²) in [5.74, 6) is 4.57. The van der Waals surface area contributed by atoms with Crippen LogP contribution in [0, 0.1) is 0 Å². The van der Waals surface area contributed by atoms with E-state index in [1.54, 1.807) is 0 Å². The van der Waals surface area contributed by atoms with Gasteiger partial charge < -0.3 is 4.74 Å². The Hall–Kier alpha value is -0.610. The maximum atomic E-state index is 10.6. The number of rotatable bonds is 3. The molecule has 54 valence electrons. The van der Waals surface area contributed by atoms with E-state index in [1.165, 1.54) is 7.11 Å². The minimum atomic E-state index is -0.407. The minimum Gasteiger partial charge on any atom is -0.372 e. The molecular formula is C5H12N2O2. The van der Waals surface area contributed by atoms with Gasteiger partial charge in [-0.2, -0.15) is 0 Å². The minimum absolute atomic E-state index is 0.278. The van der Waals surface area contributed by atoms with Gasteiger partial charge in [-0.05, 0) is 6.42 Å². The predicted molar refractivity (Wildman–Crippen MR) is 33.4 cm³/mol. The van der Waals surface area contributed by atoms with E-state index < -0.39 is 6.10 Å². The molecule has 0 aliphatic heterocycles. The summed E-state index contributed by atoms with van der Waals surface area (Å²) in [6.45, 7) is 1.85. The summed E-state index contributed by atoms with van der Waals surface area (Å²) < 4.78 is 4.76. The van der Waals surface area contributed by atoms with E-state index in [4.69, 9.17) is 10.6 Å². The Bertz CT molecular complexity index is 91.0. The second-order valence-corrected chi connectivity index (χ2v) is 1.64. The molecule has 0 fully saturated rings. The molecule has 0 aromatic carbocycles. The van der Waals surface area contributed by atoms with Crippen molar-refractivity contribution in [3.63, 3.8) is 0 Å². The Morgan fingerprint density at radius 2 is 2.44 bits per heavy atom. The first-order chi connectivity index (χ1) is 4.26. The third kappa shape index (κ3) is 2.43. The fraction of sp³-hybridized carbons (Fsp3) is 0.800. The molecule has 0 aliphatic rings. The van der Waals surface area contributed by atoms with Crippen molar-refractivity contribution >= 4 is 5.91 Å². The van der Waals surface area contributed by atoms with E-state index in [0.29, 0.717) is 6.42 Å². The topological polar surface area (TPSA) is 64.3 Å². The monoisotopic (exact) mass is 132 g/mol. The summed E-state index contributed by atoms with van der Waals surface area (Å²) in [7, 11) is 1.48. The highest BCUT2D eigenvalue weighted by molar-refractivity contribution is 5.79. The molecule has 0 spiro atoms. The average Bonchev–Trinajstić information content (AvgIpc) is 1.90. The molecule has 0 aromatic heterocycles. The number of nitrogens with two attached hydrogens (primary N) is 1. The smallest absolute Gasteiger partial charge is 0.262 e. The zero-order valence-electron chi connectivity index (χ0n) is 5.68. The molecule has 0 saturated carbocycles. The number of nitrogens with one attached hydrogen (secondary N) is 1. The lowest BCUT2D eigenvalue weighted by atomic mass is 10.3. The van der Waals surface area contributed by atoms with Crippen LogP contribution in [0.5, 0.6) is 0 Å². The van der Waals surface area contributed by atoms with Crippen molar-refractivity contribution in [3.8, 4) is 0 Å². The highest BCUT2D eigenvalue weighted by atomic mass is 16.5. The lowest BCUT2D eigenvalue weighted by Crippen LogP contribution is -2.39. The zero-order chi connectivity index (χ0) is 7.28. The number of hydrogen-bond acceptors (Lipinski definition) is 3. The molecule has 0 rings (SSSR count). The van der Waals surface area contributed by atoms with Gasteiger partial charge in [-0.1, -0.05) is 6.92 Å². The van der Waals surface area contributed by atoms with E-state index >= 15 is 0 Å². The third-order valence-electron chi connectivity index (χ3n) is 1.09. The maximum Gasteiger partial charge on any atom is 0.262 e. The molecule has 3 N–H and O–H groups in total. The van der Waals surface area contributed by atoms with Gasteiger partial charge in [-0.25, -0.2) is 5.84 Å². The van der Waals surface area contributed by atoms with Crippen molar-refractivity contribution in [1.82, 2.24) is 5.43 Å². The molecule has 0 heterocycles. The van der Waals surface area contributed by atoms with Crippen molar-refractivity contribution in [2.24, 2.45) is 5.84 Å². The lowest BCUT2D eigenvalue weighted by Gasteiger charge is -2.09. The second kappa shape index (κ2) is 4.29. The predicted octanol–water partition coefficient (Wildman–Crippen LogP) is -0.599. The van der Waals surface area contributed by atoms with Gasteiger partial charge in [0, 0.05) is 7.11 Å². The first kappa shape index (κ1) is 8.39. The summed E-state index contributed by atoms with van der Waals surface area (Å²) in [6.07, 6.45) is 0.231. The van der Waals surface area contributed by atoms with Gasteiger partial charge in [0.05, 0.1) is 0 Å². The van der Waals surface area contributed by atoms with Crippen LogP contribution in [-0.4, -0.2) is 19.1 Å². The number of amides is 1. The van der Waals surface area contributed by atoms with E-state index in [9.17, 15) is 4.79 Å². The third-order valence-corrected chi connectivity index (χ3v) is 1.09. The highest BCUT2D eigenvalue weighted by Crippen LogP contribution is 1.93. The summed E-state index contributed by atoms with van der Waals surface area (Å²) in [6, 6.07) is 0. The van der Waals surface area contributed by atoms with Crippen molar-refractivity contribution in [3.05, 3.63) is 0 Å². The van der Waals surface area contributed by atoms with E-state index in [2.05, 4.69) is 0 Å². The van der Waals surface area contributed by atoms with Crippen LogP contribution in [0.1, 0.15) is 13.3 Å². The van der Waals surface area contributed by atoms with Gasteiger partial charge in [0.2, 0.25) is 0 Å². The molecule has 0 aliphatic carbocycles. The molecule has 9 heavy (non-hydrogen) atoms. The highest BCUT2D eigenvalue weighted by Gasteiger charge is 2.12. The average molecular weight is 132 g/mol. The molecule has 1 atom stereocenters. The summed E-state index contributed by atoms with van der Waals surface area (Å²) in [4.78, 5) is 10.6. The Morgan fingerprint density at radius 1 is 1.89 bits per heavy atom. The molecule has 0 unspecified atom stereocenters. The number of hydrazine groups is 1. The van der Waals surface area contributed by atoms with Crippen LogP contribution in [0.3, 0.4) is 0 Å². The van der Waals surface area contributed by atoms with Crippen LogP contribution in [0.15, 0.2) is 0 Å². The van der Waals surface area contributed by atoms with Gasteiger partial charge in [0.15, 0.2) is 0 Å². The van der Waals surface area contributed by atoms with E-state index in [1.807, 2.05) is 12.3 Å². The summed E-state index contributed by atoms with van der Waals surface area (Å²) in [5, 5.41) is 0. The molecule has 0 saturated heterocycles. The fourth-order valence-electron chi connectivity index (χ4n) is 0.552. The molecule has 0 bridgehead atoms. The van der Waals surface area contributed by atoms with Gasteiger partial charge in [0.25, 0.3) is 5.91 Å². The largest absolute Gasteiger partial charge is 0.372 e. The van der Waals surface area contributed by atoms with Crippen LogP contribution in [0.2, 0.25) is 0 Å². The number of ether oxygens (including phenoxy) is 1. The maximum absolute atomic E-state index is 10.6. The lowest BCUT2D eigenvalue weighted by molar-refractivity contribution is -0.131. The zero-order valence-corrected chi connectivity index (χ0v) is 5.68. The molecule has 1 amide bonds. The van der Waals surface area contributed by atoms with Crippen molar-refractivity contribution in [2.75, 3.05) is 7.11 Å². The van der Waals surface area contributed by atoms with Gasteiger partial charge in [-0.3, -0.25) is 10.2 Å². The van der Waals surface area contributed by atoms with Gasteiger partial charge in [-0.15, -0.1) is 0 Å². The van der Waals surface area contributed by atoms with Crippen LogP contribution in [0.25, 0.3) is 0 Å². The van der Waals surface area contributed by atoms with Crippen LogP contribution < -0.4 is 11.3 Å². The fourth-order valence-corrected chi connectivity index (χ4v) is 0.552. The summed E-state index contributed by atoms with van der Waals surface area (Å²) >= 11 is 0. The molecule has 4 heteroatoms. The first-order valence-electron chi connectivity index (χ1n) is 2.79. The number of methoxy groups -OCH3 is 1. The molecule has 4 nitrogen and oxygen atoms in total. The van der Waals surface area contributed by atoms with Crippen LogP contribution in [-0.2, 0) is 9.53 Å². The number of hydrogen-bond donors (Lipinski definition) is 2. The SMILES string of the molecule is CC[C@@H](OC)C(=O)NN. The Balaban J connectivity index is 3.64. The molecular weight excluding hydrogens is 120 g/mol. The van der Waals surface area contributed by atoms with Crippen molar-refractivity contribution in [2.45, 2.75) is 19.4 Å². The van der Waals surface area contributed by atoms with Crippen LogP contribution in [0.4, 0.5) is 0 Å². The Morgan fingerprint density at radius 3 is 2.56 bits per heavy atom. The Labute approximate surface area is 54.3 Å². The molecule has 0 aromatic rings. The quantitative estimate of drug-likeness (QED) is 0.306. The van der Waals surface area contributed by atoms with E-state index in [0.717, 1.165) is 0 Å². The normalized spacial score (nSPS) is 12.8. The standard InChI is InChI=1S/C5H12N2O2/c1-3-4(9-2)5(8)7-6/h4H,3,6H2,1-2H3,(H,7,8)/t4-/m1/s1.